The molecule has 0 bridgehead atoms. The second-order valence-electron chi connectivity index (χ2n) is 10.6. The Balaban J connectivity index is 0.000000547. The molecule has 40 heavy (non-hydrogen) atoms. The standard InChI is InChI=1S/C22H26F6N2O3.C6H5F/c1-12(31)29-20(2,3)14-7-17-9-18(10-30(17)19(32)8-14)33-11-13-4-15(21(23,24)25)6-16(5-13)22(26,27)28;7-6-4-2-1-3-5-6/h4-6,14,17-18H,7-11H2,1-3H3,(H,29,31);1-5H. The number of carbonyl (C=O) groups excluding carboxylic acids is 2. The summed E-state index contributed by atoms with van der Waals surface area (Å²) in [6, 6.07) is 9.15. The van der Waals surface area contributed by atoms with Gasteiger partial charge in [0.05, 0.1) is 23.8 Å². The van der Waals surface area contributed by atoms with E-state index >= 15 is 0 Å². The fourth-order valence-electron chi connectivity index (χ4n) is 5.10. The number of nitrogens with one attached hydrogen (secondary N) is 1. The molecule has 1 N–H and O–H groups in total. The Kier molecular flexibility index (Phi) is 9.54. The van der Waals surface area contributed by atoms with Crippen LogP contribution in [-0.2, 0) is 33.3 Å². The number of hydrogen-bond donors (Lipinski definition) is 1. The summed E-state index contributed by atoms with van der Waals surface area (Å²) < 4.78 is 95.9. The van der Waals surface area contributed by atoms with Crippen molar-refractivity contribution in [2.75, 3.05) is 6.54 Å². The molecule has 2 aromatic carbocycles. The molecule has 3 atom stereocenters. The Hall–Kier alpha value is -3.15. The van der Waals surface area contributed by atoms with E-state index < -0.39 is 41.7 Å². The minimum atomic E-state index is -4.92. The number of piperidine rings is 1. The first-order valence-corrected chi connectivity index (χ1v) is 12.6. The number of fused-ring (bicyclic) bond motifs is 1. The van der Waals surface area contributed by atoms with Crippen molar-refractivity contribution in [1.29, 1.82) is 0 Å². The first-order valence-electron chi connectivity index (χ1n) is 12.6. The third kappa shape index (κ3) is 8.42. The van der Waals surface area contributed by atoms with Gasteiger partial charge in [-0.15, -0.1) is 0 Å². The number of nitrogens with zero attached hydrogens (tertiary/aromatic N) is 1. The quantitative estimate of drug-likeness (QED) is 0.422. The van der Waals surface area contributed by atoms with Crippen molar-refractivity contribution in [3.63, 3.8) is 0 Å². The van der Waals surface area contributed by atoms with Crippen molar-refractivity contribution in [1.82, 2.24) is 10.2 Å². The zero-order valence-electron chi connectivity index (χ0n) is 22.2. The number of benzene rings is 2. The summed E-state index contributed by atoms with van der Waals surface area (Å²) in [5.74, 6) is -0.602. The van der Waals surface area contributed by atoms with Crippen LogP contribution in [0.4, 0.5) is 30.7 Å². The van der Waals surface area contributed by atoms with E-state index in [0.29, 0.717) is 25.0 Å². The average molecular weight is 577 g/mol. The molecule has 12 heteroatoms. The number of carbonyl (C=O) groups is 2. The van der Waals surface area contributed by atoms with Gasteiger partial charge in [-0.25, -0.2) is 4.39 Å². The Morgan fingerprint density at radius 3 is 2.02 bits per heavy atom. The first kappa shape index (κ1) is 31.4. The van der Waals surface area contributed by atoms with Gasteiger partial charge in [-0.05, 0) is 68.5 Å². The molecule has 2 fully saturated rings. The summed E-state index contributed by atoms with van der Waals surface area (Å²) in [6.45, 7) is 4.87. The second kappa shape index (κ2) is 12.2. The Morgan fingerprint density at radius 2 is 1.55 bits per heavy atom. The number of halogens is 7. The molecule has 0 radical (unpaired) electrons. The van der Waals surface area contributed by atoms with Gasteiger partial charge in [-0.3, -0.25) is 9.59 Å². The van der Waals surface area contributed by atoms with Crippen LogP contribution in [0.5, 0.6) is 0 Å². The summed E-state index contributed by atoms with van der Waals surface area (Å²) in [7, 11) is 0. The molecule has 4 rings (SSSR count). The van der Waals surface area contributed by atoms with Crippen molar-refractivity contribution in [2.45, 2.75) is 76.7 Å². The smallest absolute Gasteiger partial charge is 0.372 e. The molecule has 0 spiro atoms. The highest BCUT2D eigenvalue weighted by molar-refractivity contribution is 5.79. The maximum absolute atomic E-state index is 13.1. The highest BCUT2D eigenvalue weighted by Gasteiger charge is 2.45. The molecular formula is C28H31F7N2O3. The van der Waals surface area contributed by atoms with Crippen LogP contribution in [0.1, 0.15) is 56.7 Å². The summed E-state index contributed by atoms with van der Waals surface area (Å²) in [5.41, 5.74) is -3.62. The van der Waals surface area contributed by atoms with E-state index in [4.69, 9.17) is 4.74 Å². The van der Waals surface area contributed by atoms with Crippen LogP contribution in [0.2, 0.25) is 0 Å². The molecule has 5 nitrogen and oxygen atoms in total. The third-order valence-electron chi connectivity index (χ3n) is 7.06. The van der Waals surface area contributed by atoms with Gasteiger partial charge < -0.3 is 15.0 Å². The van der Waals surface area contributed by atoms with Crippen molar-refractivity contribution in [2.24, 2.45) is 5.92 Å². The first-order chi connectivity index (χ1) is 18.5. The predicted octanol–water partition coefficient (Wildman–Crippen LogP) is 6.36. The van der Waals surface area contributed by atoms with Gasteiger partial charge in [0.15, 0.2) is 0 Å². The van der Waals surface area contributed by atoms with Gasteiger partial charge in [0.1, 0.15) is 5.82 Å². The van der Waals surface area contributed by atoms with Crippen molar-refractivity contribution in [3.05, 3.63) is 71.0 Å². The number of ether oxygens (including phenoxy) is 1. The maximum atomic E-state index is 13.1. The largest absolute Gasteiger partial charge is 0.416 e. The molecule has 0 saturated carbocycles. The summed E-state index contributed by atoms with van der Waals surface area (Å²) in [5, 5.41) is 2.86. The number of rotatable bonds is 5. The Morgan fingerprint density at radius 1 is 0.975 bits per heavy atom. The van der Waals surface area contributed by atoms with Gasteiger partial charge in [-0.1, -0.05) is 18.2 Å². The van der Waals surface area contributed by atoms with Crippen LogP contribution in [0.25, 0.3) is 0 Å². The van der Waals surface area contributed by atoms with E-state index in [1.807, 2.05) is 13.8 Å². The molecule has 220 valence electrons. The zero-order chi connectivity index (χ0) is 29.9. The van der Waals surface area contributed by atoms with Crippen LogP contribution in [0, 0.1) is 11.7 Å². The maximum Gasteiger partial charge on any atom is 0.416 e. The zero-order valence-corrected chi connectivity index (χ0v) is 22.2. The summed E-state index contributed by atoms with van der Waals surface area (Å²) in [4.78, 5) is 25.8. The van der Waals surface area contributed by atoms with Crippen molar-refractivity contribution < 1.29 is 45.1 Å². The molecule has 2 heterocycles. The van der Waals surface area contributed by atoms with Gasteiger partial charge >= 0.3 is 12.4 Å². The van der Waals surface area contributed by atoms with Gasteiger partial charge in [0.25, 0.3) is 0 Å². The summed E-state index contributed by atoms with van der Waals surface area (Å²) in [6.07, 6.45) is -9.09. The van der Waals surface area contributed by atoms with Crippen LogP contribution in [-0.4, -0.2) is 40.9 Å². The van der Waals surface area contributed by atoms with Crippen molar-refractivity contribution >= 4 is 11.8 Å². The number of alkyl halides is 6. The predicted molar refractivity (Wildman–Crippen MR) is 132 cm³/mol. The molecule has 2 aliphatic rings. The normalized spacial score (nSPS) is 21.4. The Labute approximate surface area is 227 Å². The topological polar surface area (TPSA) is 58.6 Å². The van der Waals surface area contributed by atoms with E-state index in [0.717, 1.165) is 0 Å². The fourth-order valence-corrected chi connectivity index (χ4v) is 5.10. The molecule has 0 aliphatic carbocycles. The van der Waals surface area contributed by atoms with Crippen LogP contribution < -0.4 is 5.32 Å². The molecular weight excluding hydrogens is 545 g/mol. The number of hydrogen-bond acceptors (Lipinski definition) is 3. The Bertz CT molecular complexity index is 1150. The molecule has 2 aromatic rings. The van der Waals surface area contributed by atoms with Crippen LogP contribution in [0.15, 0.2) is 48.5 Å². The van der Waals surface area contributed by atoms with Crippen LogP contribution >= 0.6 is 0 Å². The lowest BCUT2D eigenvalue weighted by molar-refractivity contribution is -0.143. The van der Waals surface area contributed by atoms with E-state index in [1.54, 1.807) is 23.1 Å². The van der Waals surface area contributed by atoms with E-state index in [1.165, 1.54) is 19.1 Å². The monoisotopic (exact) mass is 576 g/mol. The third-order valence-corrected chi connectivity index (χ3v) is 7.06. The van der Waals surface area contributed by atoms with Gasteiger partial charge in [0, 0.05) is 31.5 Å². The molecule has 2 aliphatic heterocycles. The van der Waals surface area contributed by atoms with Gasteiger partial charge in [0.2, 0.25) is 11.8 Å². The lowest BCUT2D eigenvalue weighted by atomic mass is 9.77. The molecule has 0 aromatic heterocycles. The lowest BCUT2D eigenvalue weighted by Gasteiger charge is -2.42. The van der Waals surface area contributed by atoms with E-state index in [-0.39, 0.29) is 54.2 Å². The SMILES string of the molecule is CC(=O)NC(C)(C)C1CC(=O)N2CC(OCc3cc(C(F)(F)F)cc(C(F)(F)F)c3)CC2C1.Fc1ccccc1. The highest BCUT2D eigenvalue weighted by atomic mass is 19.4. The molecule has 2 amide bonds. The lowest BCUT2D eigenvalue weighted by Crippen LogP contribution is -2.54. The highest BCUT2D eigenvalue weighted by Crippen LogP contribution is 2.39. The van der Waals surface area contributed by atoms with Crippen molar-refractivity contribution in [3.8, 4) is 0 Å². The molecule has 2 saturated heterocycles. The summed E-state index contributed by atoms with van der Waals surface area (Å²) >= 11 is 0. The average Bonchev–Trinajstić information content (AvgIpc) is 3.25. The second-order valence-corrected chi connectivity index (χ2v) is 10.6. The number of amides is 2. The van der Waals surface area contributed by atoms with Gasteiger partial charge in [-0.2, -0.15) is 26.3 Å². The molecule has 3 unspecified atom stereocenters. The minimum absolute atomic E-state index is 0.0783. The van der Waals surface area contributed by atoms with Crippen LogP contribution in [0.3, 0.4) is 0 Å². The minimum Gasteiger partial charge on any atom is -0.372 e. The van der Waals surface area contributed by atoms with E-state index in [2.05, 4.69) is 5.32 Å². The van der Waals surface area contributed by atoms with E-state index in [9.17, 15) is 40.3 Å². The fraction of sp³-hybridized carbons (Fsp3) is 0.500.